The van der Waals surface area contributed by atoms with Gasteiger partial charge < -0.3 is 5.11 Å². The molecule has 0 amide bonds. The van der Waals surface area contributed by atoms with Gasteiger partial charge in [0.25, 0.3) is 0 Å². The molecular weight excluding hydrogens is 159 g/mol. The molecule has 0 aromatic rings. The van der Waals surface area contributed by atoms with Crippen molar-refractivity contribution in [3.8, 4) is 11.8 Å². The average molecular weight is 167 g/mol. The van der Waals surface area contributed by atoms with E-state index in [2.05, 4.69) is 11.8 Å². The van der Waals surface area contributed by atoms with Gasteiger partial charge in [-0.25, -0.2) is 0 Å². The number of hydrogen-bond donors (Lipinski definition) is 1. The Hall–Kier alpha value is 0.1000. The third kappa shape index (κ3) is 5.98. The molecule has 0 aliphatic carbocycles. The maximum atomic E-state index is 8.46. The van der Waals surface area contributed by atoms with Crippen LogP contribution >= 0.6 is 23.2 Å². The Labute approximate surface area is 65.0 Å². The lowest BCUT2D eigenvalue weighted by atomic mass is 10.2. The van der Waals surface area contributed by atoms with Crippen LogP contribution in [0, 0.1) is 17.8 Å². The predicted molar refractivity (Wildman–Crippen MR) is 39.5 cm³/mol. The molecular formula is C6H8Cl2O. The van der Waals surface area contributed by atoms with Crippen molar-refractivity contribution < 1.29 is 5.11 Å². The third-order valence-electron chi connectivity index (χ3n) is 0.713. The Bertz CT molecular complexity index is 123. The fraction of sp³-hybridized carbons (Fsp3) is 0.667. The molecule has 0 rings (SSSR count). The van der Waals surface area contributed by atoms with Crippen molar-refractivity contribution in [1.29, 1.82) is 0 Å². The average Bonchev–Trinajstić information content (AvgIpc) is 1.83. The molecule has 1 N–H and O–H groups in total. The van der Waals surface area contributed by atoms with E-state index in [4.69, 9.17) is 28.3 Å². The standard InChI is InChI=1S/C6H8Cl2O/c1-5(4-9)2-3-6(7)8/h5-6,9H,4H2,1H3. The van der Waals surface area contributed by atoms with Crippen LogP contribution in [-0.2, 0) is 0 Å². The van der Waals surface area contributed by atoms with E-state index in [1.807, 2.05) is 0 Å². The van der Waals surface area contributed by atoms with Crippen molar-refractivity contribution in [3.05, 3.63) is 0 Å². The van der Waals surface area contributed by atoms with Crippen LogP contribution in [0.15, 0.2) is 0 Å². The van der Waals surface area contributed by atoms with Gasteiger partial charge in [-0.1, -0.05) is 35.0 Å². The second kappa shape index (κ2) is 4.93. The summed E-state index contributed by atoms with van der Waals surface area (Å²) >= 11 is 10.6. The van der Waals surface area contributed by atoms with Crippen LogP contribution < -0.4 is 0 Å². The van der Waals surface area contributed by atoms with Crippen LogP contribution in [0.4, 0.5) is 0 Å². The summed E-state index contributed by atoms with van der Waals surface area (Å²) in [5.74, 6) is 5.15. The second-order valence-electron chi connectivity index (χ2n) is 1.67. The van der Waals surface area contributed by atoms with E-state index in [0.29, 0.717) is 0 Å². The molecule has 0 radical (unpaired) electrons. The molecule has 0 saturated carbocycles. The Morgan fingerprint density at radius 1 is 1.44 bits per heavy atom. The van der Waals surface area contributed by atoms with E-state index in [1.165, 1.54) is 0 Å². The van der Waals surface area contributed by atoms with Crippen molar-refractivity contribution in [2.24, 2.45) is 5.92 Å². The van der Waals surface area contributed by atoms with Crippen molar-refractivity contribution in [2.45, 2.75) is 11.8 Å². The number of aliphatic hydroxyl groups is 1. The Kier molecular flexibility index (Phi) is 4.99. The first-order valence-corrected chi connectivity index (χ1v) is 3.44. The highest BCUT2D eigenvalue weighted by atomic mass is 35.5. The number of hydrogen-bond acceptors (Lipinski definition) is 1. The first-order chi connectivity index (χ1) is 4.16. The molecule has 0 spiro atoms. The number of alkyl halides is 2. The van der Waals surface area contributed by atoms with Gasteiger partial charge >= 0.3 is 0 Å². The molecule has 0 heterocycles. The molecule has 52 valence electrons. The molecule has 0 fully saturated rings. The molecule has 1 atom stereocenters. The van der Waals surface area contributed by atoms with Crippen LogP contribution in [0.25, 0.3) is 0 Å². The quantitative estimate of drug-likeness (QED) is 0.462. The summed E-state index contributed by atoms with van der Waals surface area (Å²) in [5.41, 5.74) is 0. The van der Waals surface area contributed by atoms with Gasteiger partial charge in [-0.15, -0.1) is 0 Å². The van der Waals surface area contributed by atoms with Crippen molar-refractivity contribution in [2.75, 3.05) is 6.61 Å². The Balaban J connectivity index is 3.58. The molecule has 0 aromatic carbocycles. The lowest BCUT2D eigenvalue weighted by Gasteiger charge is -1.93. The van der Waals surface area contributed by atoms with Crippen LogP contribution in [0.5, 0.6) is 0 Å². The molecule has 1 unspecified atom stereocenters. The highest BCUT2D eigenvalue weighted by Gasteiger charge is 1.92. The van der Waals surface area contributed by atoms with Crippen LogP contribution in [0.2, 0.25) is 0 Å². The van der Waals surface area contributed by atoms with E-state index in [-0.39, 0.29) is 12.5 Å². The highest BCUT2D eigenvalue weighted by molar-refractivity contribution is 6.46. The zero-order valence-electron chi connectivity index (χ0n) is 5.06. The van der Waals surface area contributed by atoms with Gasteiger partial charge in [-0.3, -0.25) is 0 Å². The minimum Gasteiger partial charge on any atom is -0.395 e. The summed E-state index contributed by atoms with van der Waals surface area (Å²) < 4.78 is 0. The zero-order chi connectivity index (χ0) is 7.28. The Morgan fingerprint density at radius 2 is 2.00 bits per heavy atom. The summed E-state index contributed by atoms with van der Waals surface area (Å²) in [6.45, 7) is 1.84. The first-order valence-electron chi connectivity index (χ1n) is 2.57. The molecule has 0 saturated heterocycles. The summed E-state index contributed by atoms with van der Waals surface area (Å²) in [5, 5.41) is 8.46. The largest absolute Gasteiger partial charge is 0.395 e. The van der Waals surface area contributed by atoms with Gasteiger partial charge in [0.1, 0.15) is 0 Å². The predicted octanol–water partition coefficient (Wildman–Crippen LogP) is 1.42. The summed E-state index contributed by atoms with van der Waals surface area (Å²) in [4.78, 5) is -0.640. The molecule has 0 bridgehead atoms. The zero-order valence-corrected chi connectivity index (χ0v) is 6.58. The third-order valence-corrected chi connectivity index (χ3v) is 0.931. The van der Waals surface area contributed by atoms with Gasteiger partial charge in [0.05, 0.1) is 6.61 Å². The summed E-state index contributed by atoms with van der Waals surface area (Å²) in [6, 6.07) is 0. The van der Waals surface area contributed by atoms with Crippen molar-refractivity contribution in [3.63, 3.8) is 0 Å². The molecule has 0 aliphatic rings. The number of rotatable bonds is 1. The minimum absolute atomic E-state index is 0.0370. The smallest absolute Gasteiger partial charge is 0.167 e. The summed E-state index contributed by atoms with van der Waals surface area (Å²) in [7, 11) is 0. The van der Waals surface area contributed by atoms with Gasteiger partial charge in [-0.2, -0.15) is 0 Å². The van der Waals surface area contributed by atoms with Gasteiger partial charge in [0.15, 0.2) is 4.84 Å². The molecule has 0 aliphatic heterocycles. The van der Waals surface area contributed by atoms with Gasteiger partial charge in [-0.05, 0) is 6.92 Å². The van der Waals surface area contributed by atoms with Gasteiger partial charge in [0, 0.05) is 5.92 Å². The van der Waals surface area contributed by atoms with Crippen LogP contribution in [0.1, 0.15) is 6.92 Å². The normalized spacial score (nSPS) is 12.6. The van der Waals surface area contributed by atoms with Crippen molar-refractivity contribution in [1.82, 2.24) is 0 Å². The number of halogens is 2. The molecule has 1 nitrogen and oxygen atoms in total. The SMILES string of the molecule is CC(C#CC(Cl)Cl)CO. The van der Waals surface area contributed by atoms with E-state index >= 15 is 0 Å². The van der Waals surface area contributed by atoms with E-state index in [0.717, 1.165) is 0 Å². The minimum atomic E-state index is -0.640. The van der Waals surface area contributed by atoms with E-state index in [9.17, 15) is 0 Å². The second-order valence-corrected chi connectivity index (χ2v) is 2.77. The van der Waals surface area contributed by atoms with Crippen molar-refractivity contribution >= 4 is 23.2 Å². The van der Waals surface area contributed by atoms with Crippen LogP contribution in [0.3, 0.4) is 0 Å². The maximum absolute atomic E-state index is 8.46. The lowest BCUT2D eigenvalue weighted by Crippen LogP contribution is -1.96. The lowest BCUT2D eigenvalue weighted by molar-refractivity contribution is 0.266. The Morgan fingerprint density at radius 3 is 2.33 bits per heavy atom. The fourth-order valence-corrected chi connectivity index (χ4v) is 0.377. The molecule has 9 heavy (non-hydrogen) atoms. The topological polar surface area (TPSA) is 20.2 Å². The summed E-state index contributed by atoms with van der Waals surface area (Å²) in [6.07, 6.45) is 0. The van der Waals surface area contributed by atoms with E-state index < -0.39 is 4.84 Å². The molecule has 0 aromatic heterocycles. The highest BCUT2D eigenvalue weighted by Crippen LogP contribution is 1.98. The van der Waals surface area contributed by atoms with Crippen LogP contribution in [-0.4, -0.2) is 16.5 Å². The van der Waals surface area contributed by atoms with Gasteiger partial charge in [0.2, 0.25) is 0 Å². The first kappa shape index (κ1) is 9.10. The monoisotopic (exact) mass is 166 g/mol. The maximum Gasteiger partial charge on any atom is 0.167 e. The van der Waals surface area contributed by atoms with E-state index in [1.54, 1.807) is 6.92 Å². The fourth-order valence-electron chi connectivity index (χ4n) is 0.251. The number of aliphatic hydroxyl groups excluding tert-OH is 1. The molecule has 3 heteroatoms.